The largest absolute Gasteiger partial charge is 0.309 e. The number of thiophene rings is 1. The Morgan fingerprint density at radius 2 is 1.47 bits per heavy atom. The van der Waals surface area contributed by atoms with Crippen LogP contribution in [0.2, 0.25) is 0 Å². The fourth-order valence-electron chi connectivity index (χ4n) is 4.95. The standard InChI is InChI=1S/C32H31NO2S/c1-3-4-5-6-7-9-31(35)24-13-17-29-27(20-24)28-21-25(32-10-8-19-36-32)14-18-30(28)33(29)26-15-11-23(12-16-26)22(2)34/h8,10-21H,3-7,9H2,1-2H3. The molecule has 0 saturated carbocycles. The normalized spacial score (nSPS) is 11.4. The van der Waals surface area contributed by atoms with E-state index in [0.717, 1.165) is 45.9 Å². The molecule has 0 amide bonds. The number of rotatable bonds is 10. The number of aromatic nitrogens is 1. The van der Waals surface area contributed by atoms with Crippen LogP contribution in [0, 0.1) is 0 Å². The highest BCUT2D eigenvalue weighted by Gasteiger charge is 2.16. The van der Waals surface area contributed by atoms with E-state index >= 15 is 0 Å². The molecule has 4 heteroatoms. The lowest BCUT2D eigenvalue weighted by Gasteiger charge is -2.09. The average molecular weight is 494 g/mol. The molecule has 0 spiro atoms. The van der Waals surface area contributed by atoms with E-state index < -0.39 is 0 Å². The monoisotopic (exact) mass is 493 g/mol. The van der Waals surface area contributed by atoms with Gasteiger partial charge in [-0.3, -0.25) is 9.59 Å². The van der Waals surface area contributed by atoms with Crippen molar-refractivity contribution in [3.8, 4) is 16.1 Å². The minimum atomic E-state index is 0.0576. The number of benzene rings is 3. The minimum Gasteiger partial charge on any atom is -0.309 e. The molecular weight excluding hydrogens is 462 g/mol. The van der Waals surface area contributed by atoms with Crippen LogP contribution < -0.4 is 0 Å². The Kier molecular flexibility index (Phi) is 7.15. The van der Waals surface area contributed by atoms with Gasteiger partial charge in [0.2, 0.25) is 0 Å². The van der Waals surface area contributed by atoms with Gasteiger partial charge >= 0.3 is 0 Å². The Bertz CT molecular complexity index is 1520. The van der Waals surface area contributed by atoms with Crippen LogP contribution in [0.25, 0.3) is 37.9 Å². The summed E-state index contributed by atoms with van der Waals surface area (Å²) in [5.41, 5.74) is 5.81. The fourth-order valence-corrected chi connectivity index (χ4v) is 5.67. The highest BCUT2D eigenvalue weighted by atomic mass is 32.1. The zero-order chi connectivity index (χ0) is 25.1. The van der Waals surface area contributed by atoms with E-state index in [-0.39, 0.29) is 11.6 Å². The third-order valence-corrected chi connectivity index (χ3v) is 7.85. The fraction of sp³-hybridized carbons (Fsp3) is 0.250. The molecule has 0 unspecified atom stereocenters. The summed E-state index contributed by atoms with van der Waals surface area (Å²) >= 11 is 1.73. The van der Waals surface area contributed by atoms with E-state index in [0.29, 0.717) is 12.0 Å². The molecule has 0 fully saturated rings. The number of hydrogen-bond donors (Lipinski definition) is 0. The quantitative estimate of drug-likeness (QED) is 0.144. The molecule has 0 aliphatic heterocycles. The molecule has 0 bridgehead atoms. The first-order valence-corrected chi connectivity index (χ1v) is 13.7. The zero-order valence-corrected chi connectivity index (χ0v) is 21.7. The molecule has 2 heterocycles. The van der Waals surface area contributed by atoms with Crippen molar-refractivity contribution < 1.29 is 9.59 Å². The number of unbranched alkanes of at least 4 members (excludes halogenated alkanes) is 4. The highest BCUT2D eigenvalue weighted by molar-refractivity contribution is 7.13. The SMILES string of the molecule is CCCCCCCC(=O)c1ccc2c(c1)c1cc(-c3cccs3)ccc1n2-c1ccc(C(C)=O)cc1. The predicted molar refractivity (Wildman–Crippen MR) is 152 cm³/mol. The van der Waals surface area contributed by atoms with Crippen molar-refractivity contribution in [3.63, 3.8) is 0 Å². The van der Waals surface area contributed by atoms with Crippen molar-refractivity contribution in [1.29, 1.82) is 0 Å². The molecule has 3 nitrogen and oxygen atoms in total. The number of nitrogens with zero attached hydrogens (tertiary/aromatic N) is 1. The third kappa shape index (κ3) is 4.78. The third-order valence-electron chi connectivity index (χ3n) is 6.93. The lowest BCUT2D eigenvalue weighted by atomic mass is 10.0. The number of carbonyl (C=O) groups is 2. The van der Waals surface area contributed by atoms with Crippen LogP contribution >= 0.6 is 11.3 Å². The van der Waals surface area contributed by atoms with Gasteiger partial charge in [-0.1, -0.05) is 44.7 Å². The Morgan fingerprint density at radius 1 is 0.778 bits per heavy atom. The molecule has 0 aliphatic carbocycles. The Hall–Kier alpha value is -3.50. The van der Waals surface area contributed by atoms with Gasteiger partial charge in [-0.25, -0.2) is 0 Å². The van der Waals surface area contributed by atoms with Crippen molar-refractivity contribution in [1.82, 2.24) is 4.57 Å². The van der Waals surface area contributed by atoms with Crippen LogP contribution in [-0.4, -0.2) is 16.1 Å². The smallest absolute Gasteiger partial charge is 0.162 e. The summed E-state index contributed by atoms with van der Waals surface area (Å²) in [6.07, 6.45) is 6.30. The van der Waals surface area contributed by atoms with E-state index in [4.69, 9.17) is 0 Å². The molecule has 5 aromatic rings. The highest BCUT2D eigenvalue weighted by Crippen LogP contribution is 2.36. The predicted octanol–water partition coefficient (Wildman–Crippen LogP) is 9.26. The summed E-state index contributed by atoms with van der Waals surface area (Å²) in [5, 5.41) is 4.30. The van der Waals surface area contributed by atoms with Gasteiger partial charge < -0.3 is 4.57 Å². The van der Waals surface area contributed by atoms with Gasteiger partial charge in [0.1, 0.15) is 0 Å². The number of fused-ring (bicyclic) bond motifs is 3. The maximum Gasteiger partial charge on any atom is 0.162 e. The van der Waals surface area contributed by atoms with Gasteiger partial charge in [0.25, 0.3) is 0 Å². The minimum absolute atomic E-state index is 0.0576. The van der Waals surface area contributed by atoms with E-state index in [1.165, 1.54) is 29.7 Å². The van der Waals surface area contributed by atoms with Crippen molar-refractivity contribution in [2.24, 2.45) is 0 Å². The topological polar surface area (TPSA) is 39.1 Å². The lowest BCUT2D eigenvalue weighted by molar-refractivity contribution is 0.0977. The molecule has 3 aromatic carbocycles. The molecule has 0 aliphatic rings. The summed E-state index contributed by atoms with van der Waals surface area (Å²) < 4.78 is 2.23. The van der Waals surface area contributed by atoms with E-state index in [1.54, 1.807) is 18.3 Å². The van der Waals surface area contributed by atoms with E-state index in [1.807, 2.05) is 30.3 Å². The first kappa shape index (κ1) is 24.2. The van der Waals surface area contributed by atoms with Crippen molar-refractivity contribution in [3.05, 3.63) is 89.3 Å². The molecule has 0 atom stereocenters. The average Bonchev–Trinajstić information content (AvgIpc) is 3.54. The molecule has 0 saturated heterocycles. The Morgan fingerprint density at radius 3 is 2.17 bits per heavy atom. The molecule has 0 N–H and O–H groups in total. The first-order chi connectivity index (χ1) is 17.6. The lowest BCUT2D eigenvalue weighted by Crippen LogP contribution is -1.99. The molecule has 5 rings (SSSR count). The van der Waals surface area contributed by atoms with E-state index in [2.05, 4.69) is 59.3 Å². The summed E-state index contributed by atoms with van der Waals surface area (Å²) in [4.78, 5) is 26.1. The number of carbonyl (C=O) groups excluding carboxylic acids is 2. The summed E-state index contributed by atoms with van der Waals surface area (Å²) in [5.74, 6) is 0.275. The molecule has 36 heavy (non-hydrogen) atoms. The number of hydrogen-bond acceptors (Lipinski definition) is 3. The maximum absolute atomic E-state index is 13.1. The summed E-state index contributed by atoms with van der Waals surface area (Å²) in [6, 6.07) is 24.6. The maximum atomic E-state index is 13.1. The Balaban J connectivity index is 1.60. The molecular formula is C32H31NO2S. The summed E-state index contributed by atoms with van der Waals surface area (Å²) in [6.45, 7) is 3.79. The van der Waals surface area contributed by atoms with Gasteiger partial charge in [-0.15, -0.1) is 11.3 Å². The summed E-state index contributed by atoms with van der Waals surface area (Å²) in [7, 11) is 0. The van der Waals surface area contributed by atoms with Crippen LogP contribution in [0.3, 0.4) is 0 Å². The first-order valence-electron chi connectivity index (χ1n) is 12.8. The Labute approximate surface area is 216 Å². The van der Waals surface area contributed by atoms with Gasteiger partial charge in [0.05, 0.1) is 11.0 Å². The number of Topliss-reactive ketones (excluding diaryl/α,β-unsaturated/α-hetero) is 2. The van der Waals surface area contributed by atoms with Crippen molar-refractivity contribution in [2.45, 2.75) is 52.4 Å². The second-order valence-electron chi connectivity index (χ2n) is 9.47. The second-order valence-corrected chi connectivity index (χ2v) is 10.4. The van der Waals surface area contributed by atoms with Crippen LogP contribution in [0.1, 0.15) is 73.1 Å². The van der Waals surface area contributed by atoms with Crippen molar-refractivity contribution >= 4 is 44.7 Å². The van der Waals surface area contributed by atoms with Crippen LogP contribution in [-0.2, 0) is 0 Å². The van der Waals surface area contributed by atoms with Crippen LogP contribution in [0.5, 0.6) is 0 Å². The van der Waals surface area contributed by atoms with Crippen molar-refractivity contribution in [2.75, 3.05) is 0 Å². The number of ketones is 2. The second kappa shape index (κ2) is 10.6. The van der Waals surface area contributed by atoms with Gasteiger partial charge in [0.15, 0.2) is 11.6 Å². The molecule has 182 valence electrons. The van der Waals surface area contributed by atoms with Gasteiger partial charge in [-0.2, -0.15) is 0 Å². The van der Waals surface area contributed by atoms with Crippen LogP contribution in [0.15, 0.2) is 78.2 Å². The van der Waals surface area contributed by atoms with Gasteiger partial charge in [0, 0.05) is 38.9 Å². The van der Waals surface area contributed by atoms with E-state index in [9.17, 15) is 9.59 Å². The molecule has 0 radical (unpaired) electrons. The zero-order valence-electron chi connectivity index (χ0n) is 20.9. The van der Waals surface area contributed by atoms with Gasteiger partial charge in [-0.05, 0) is 85.0 Å². The molecule has 2 aromatic heterocycles. The van der Waals surface area contributed by atoms with Crippen LogP contribution in [0.4, 0.5) is 0 Å².